The third-order valence-electron chi connectivity index (χ3n) is 7.28. The average molecular weight is 429 g/mol. The highest BCUT2D eigenvalue weighted by molar-refractivity contribution is 5.89. The zero-order valence-corrected chi connectivity index (χ0v) is 19.0. The lowest BCUT2D eigenvalue weighted by Gasteiger charge is -2.40. The molecule has 0 aliphatic carbocycles. The van der Waals surface area contributed by atoms with Crippen LogP contribution in [0, 0.1) is 5.92 Å². The Morgan fingerprint density at radius 2 is 1.68 bits per heavy atom. The molecule has 3 fully saturated rings. The summed E-state index contributed by atoms with van der Waals surface area (Å²) in [7, 11) is 0. The van der Waals surface area contributed by atoms with Crippen LogP contribution in [0.25, 0.3) is 0 Å². The molecule has 0 unspecified atom stereocenters. The molecule has 0 radical (unpaired) electrons. The van der Waals surface area contributed by atoms with Crippen LogP contribution in [-0.4, -0.2) is 85.8 Å². The molecular weight excluding hydrogens is 388 g/mol. The predicted molar refractivity (Wildman–Crippen MR) is 125 cm³/mol. The minimum absolute atomic E-state index is 0.0380. The van der Waals surface area contributed by atoms with Gasteiger partial charge in [-0.1, -0.05) is 24.6 Å². The number of amides is 2. The second-order valence-electron chi connectivity index (χ2n) is 9.47. The van der Waals surface area contributed by atoms with Gasteiger partial charge in [0.25, 0.3) is 0 Å². The zero-order valence-electron chi connectivity index (χ0n) is 19.0. The second-order valence-corrected chi connectivity index (χ2v) is 9.47. The number of para-hydroxylation sites is 1. The zero-order chi connectivity index (χ0) is 21.3. The van der Waals surface area contributed by atoms with E-state index in [-0.39, 0.29) is 6.03 Å². The van der Waals surface area contributed by atoms with Crippen LogP contribution in [0.15, 0.2) is 30.3 Å². The summed E-state index contributed by atoms with van der Waals surface area (Å²) in [6.45, 7) is 9.63. The topological polar surface area (TPSA) is 48.1 Å². The van der Waals surface area contributed by atoms with Gasteiger partial charge in [0.05, 0.1) is 0 Å². The lowest BCUT2D eigenvalue weighted by atomic mass is 9.94. The van der Waals surface area contributed by atoms with Crippen molar-refractivity contribution in [3.8, 4) is 0 Å². The molecule has 3 saturated heterocycles. The Balaban J connectivity index is 1.25. The first-order chi connectivity index (χ1) is 15.3. The molecule has 31 heavy (non-hydrogen) atoms. The largest absolute Gasteiger partial charge is 0.381 e. The molecule has 3 heterocycles. The van der Waals surface area contributed by atoms with E-state index in [1.54, 1.807) is 0 Å². The highest BCUT2D eigenvalue weighted by Gasteiger charge is 2.28. The van der Waals surface area contributed by atoms with Gasteiger partial charge in [0.1, 0.15) is 0 Å². The molecule has 3 aliphatic rings. The van der Waals surface area contributed by atoms with Crippen molar-refractivity contribution in [2.75, 3.05) is 64.3 Å². The Hall–Kier alpha value is -1.63. The van der Waals surface area contributed by atoms with E-state index in [2.05, 4.69) is 15.1 Å². The molecule has 172 valence electrons. The maximum Gasteiger partial charge on any atom is 0.321 e. The number of urea groups is 1. The van der Waals surface area contributed by atoms with Crippen LogP contribution >= 0.6 is 0 Å². The lowest BCUT2D eigenvalue weighted by Crippen LogP contribution is -2.48. The molecule has 0 saturated carbocycles. The molecule has 1 aromatic carbocycles. The van der Waals surface area contributed by atoms with Crippen molar-refractivity contribution in [3.05, 3.63) is 30.3 Å². The SMILES string of the molecule is O=C(Nc1ccccc1)N1CCC(CN(CCN2CCCCC2)C2CCOCC2)CC1. The third kappa shape index (κ3) is 6.93. The number of carbonyl (C=O) groups excluding carboxylic acids is 1. The molecule has 1 N–H and O–H groups in total. The number of ether oxygens (including phenoxy) is 1. The first kappa shape index (κ1) is 22.6. The summed E-state index contributed by atoms with van der Waals surface area (Å²) in [5.41, 5.74) is 0.873. The predicted octanol–water partition coefficient (Wildman–Crippen LogP) is 3.90. The smallest absolute Gasteiger partial charge is 0.321 e. The standard InChI is InChI=1S/C25H40N4O2/c30-25(26-23-7-3-1-4-8-23)28-15-9-22(10-16-28)21-29(24-11-19-31-20-12-24)18-17-27-13-5-2-6-14-27/h1,3-4,7-8,22,24H,2,5-6,9-21H2,(H,26,30). The van der Waals surface area contributed by atoms with Gasteiger partial charge >= 0.3 is 6.03 Å². The van der Waals surface area contributed by atoms with E-state index >= 15 is 0 Å². The molecule has 0 bridgehead atoms. The van der Waals surface area contributed by atoms with Crippen molar-refractivity contribution in [2.24, 2.45) is 5.92 Å². The van der Waals surface area contributed by atoms with E-state index in [1.807, 2.05) is 35.2 Å². The van der Waals surface area contributed by atoms with Gasteiger partial charge in [-0.15, -0.1) is 0 Å². The third-order valence-corrected chi connectivity index (χ3v) is 7.28. The van der Waals surface area contributed by atoms with E-state index in [9.17, 15) is 4.79 Å². The Labute approximate surface area is 187 Å². The van der Waals surface area contributed by atoms with Crippen LogP contribution in [0.4, 0.5) is 10.5 Å². The van der Waals surface area contributed by atoms with E-state index in [4.69, 9.17) is 4.74 Å². The molecule has 0 aromatic heterocycles. The van der Waals surface area contributed by atoms with E-state index in [1.165, 1.54) is 64.8 Å². The highest BCUT2D eigenvalue weighted by atomic mass is 16.5. The summed E-state index contributed by atoms with van der Waals surface area (Å²) in [5, 5.41) is 3.03. The fourth-order valence-corrected chi connectivity index (χ4v) is 5.30. The van der Waals surface area contributed by atoms with E-state index < -0.39 is 0 Å². The number of nitrogens with zero attached hydrogens (tertiary/aromatic N) is 3. The lowest BCUT2D eigenvalue weighted by molar-refractivity contribution is 0.0198. The monoisotopic (exact) mass is 428 g/mol. The van der Waals surface area contributed by atoms with Crippen LogP contribution in [0.3, 0.4) is 0 Å². The summed E-state index contributed by atoms with van der Waals surface area (Å²) in [6.07, 6.45) is 8.66. The van der Waals surface area contributed by atoms with Gasteiger partial charge in [-0.05, 0) is 69.7 Å². The molecule has 3 aliphatic heterocycles. The minimum atomic E-state index is 0.0380. The van der Waals surface area contributed by atoms with Gasteiger partial charge in [-0.25, -0.2) is 4.79 Å². The normalized spacial score (nSPS) is 22.0. The van der Waals surface area contributed by atoms with Crippen LogP contribution < -0.4 is 5.32 Å². The summed E-state index contributed by atoms with van der Waals surface area (Å²) >= 11 is 0. The van der Waals surface area contributed by atoms with Crippen LogP contribution in [-0.2, 0) is 4.74 Å². The molecule has 6 heteroatoms. The summed E-state index contributed by atoms with van der Waals surface area (Å²) in [4.78, 5) is 20.0. The Kier molecular flexibility index (Phi) is 8.62. The van der Waals surface area contributed by atoms with Crippen LogP contribution in [0.5, 0.6) is 0 Å². The molecule has 2 amide bonds. The Bertz CT molecular complexity index is 651. The van der Waals surface area contributed by atoms with Crippen molar-refractivity contribution in [1.29, 1.82) is 0 Å². The van der Waals surface area contributed by atoms with Gasteiger partial charge in [0.2, 0.25) is 0 Å². The van der Waals surface area contributed by atoms with Crippen molar-refractivity contribution >= 4 is 11.7 Å². The number of hydrogen-bond donors (Lipinski definition) is 1. The Morgan fingerprint density at radius 3 is 2.39 bits per heavy atom. The van der Waals surface area contributed by atoms with Gasteiger partial charge in [-0.2, -0.15) is 0 Å². The number of rotatable bonds is 7. The number of nitrogens with one attached hydrogen (secondary N) is 1. The van der Waals surface area contributed by atoms with Crippen LogP contribution in [0.2, 0.25) is 0 Å². The number of piperidine rings is 2. The first-order valence-electron chi connectivity index (χ1n) is 12.4. The van der Waals surface area contributed by atoms with Gasteiger partial charge < -0.3 is 19.9 Å². The fourth-order valence-electron chi connectivity index (χ4n) is 5.30. The van der Waals surface area contributed by atoms with E-state index in [0.717, 1.165) is 44.8 Å². The molecule has 6 nitrogen and oxygen atoms in total. The number of likely N-dealkylation sites (tertiary alicyclic amines) is 2. The van der Waals surface area contributed by atoms with Crippen molar-refractivity contribution in [2.45, 2.75) is 51.0 Å². The summed E-state index contributed by atoms with van der Waals surface area (Å²) < 4.78 is 5.64. The molecule has 1 aromatic rings. The molecule has 0 atom stereocenters. The molecule has 0 spiro atoms. The van der Waals surface area contributed by atoms with E-state index in [0.29, 0.717) is 12.0 Å². The molecule has 4 rings (SSSR count). The van der Waals surface area contributed by atoms with Crippen molar-refractivity contribution in [1.82, 2.24) is 14.7 Å². The second kappa shape index (κ2) is 11.8. The average Bonchev–Trinajstić information content (AvgIpc) is 2.84. The number of anilines is 1. The quantitative estimate of drug-likeness (QED) is 0.716. The maximum absolute atomic E-state index is 12.6. The fraction of sp³-hybridized carbons (Fsp3) is 0.720. The van der Waals surface area contributed by atoms with Crippen LogP contribution in [0.1, 0.15) is 44.9 Å². The first-order valence-corrected chi connectivity index (χ1v) is 12.4. The highest BCUT2D eigenvalue weighted by Crippen LogP contribution is 2.23. The summed E-state index contributed by atoms with van der Waals surface area (Å²) in [5.74, 6) is 0.685. The number of carbonyl (C=O) groups is 1. The van der Waals surface area contributed by atoms with Gasteiger partial charge in [0, 0.05) is 57.7 Å². The summed E-state index contributed by atoms with van der Waals surface area (Å²) in [6, 6.07) is 10.5. The van der Waals surface area contributed by atoms with Crippen molar-refractivity contribution in [3.63, 3.8) is 0 Å². The Morgan fingerprint density at radius 1 is 0.968 bits per heavy atom. The molecular formula is C25H40N4O2. The maximum atomic E-state index is 12.6. The minimum Gasteiger partial charge on any atom is -0.381 e. The number of hydrogen-bond acceptors (Lipinski definition) is 4. The number of benzene rings is 1. The van der Waals surface area contributed by atoms with Gasteiger partial charge in [0.15, 0.2) is 0 Å². The van der Waals surface area contributed by atoms with Crippen molar-refractivity contribution < 1.29 is 9.53 Å². The van der Waals surface area contributed by atoms with Gasteiger partial charge in [-0.3, -0.25) is 4.90 Å².